The minimum Gasteiger partial charge on any atom is -0.308 e. The van der Waals surface area contributed by atoms with Gasteiger partial charge in [0.1, 0.15) is 0 Å². The molecule has 0 radical (unpaired) electrons. The Morgan fingerprint density at radius 1 is 0.652 bits per heavy atom. The van der Waals surface area contributed by atoms with Crippen molar-refractivity contribution in [1.82, 2.24) is 4.40 Å². The summed E-state index contributed by atoms with van der Waals surface area (Å²) in [6.45, 7) is 10.6. The number of pyridine rings is 2. The molecular weight excluding hydrogens is 558 g/mol. The van der Waals surface area contributed by atoms with E-state index in [2.05, 4.69) is 155 Å². The van der Waals surface area contributed by atoms with Crippen LogP contribution in [-0.4, -0.2) is 4.40 Å². The van der Waals surface area contributed by atoms with Gasteiger partial charge in [-0.1, -0.05) is 61.2 Å². The Balaban J connectivity index is 1.32. The Morgan fingerprint density at radius 3 is 2.26 bits per heavy atom. The summed E-state index contributed by atoms with van der Waals surface area (Å²) in [7, 11) is 0. The third kappa shape index (κ3) is 3.08. The molecule has 0 saturated carbocycles. The number of hydrogen-bond acceptors (Lipinski definition) is 0. The first-order valence-electron chi connectivity index (χ1n) is 16.5. The van der Waals surface area contributed by atoms with Crippen LogP contribution in [0, 0.1) is 0 Å². The lowest BCUT2D eigenvalue weighted by Gasteiger charge is -2.47. The molecule has 0 bridgehead atoms. The molecule has 8 aromatic rings. The predicted octanol–water partition coefficient (Wildman–Crippen LogP) is 8.93. The second-order valence-electron chi connectivity index (χ2n) is 13.8. The minimum atomic E-state index is -0.378. The van der Waals surface area contributed by atoms with Crippen LogP contribution in [0.25, 0.3) is 60.6 Å². The highest BCUT2D eigenvalue weighted by molar-refractivity contribution is 6.23. The SMILES string of the molecule is C=C1C[n+]2ccccc2-c2ccccc2CCC2(C)c3cc4c(cc3-c3cccc[n+]3C12C)c1cccc2c3ccccc3n4c21. The van der Waals surface area contributed by atoms with Crippen molar-refractivity contribution in [3.63, 3.8) is 0 Å². The maximum absolute atomic E-state index is 4.94. The number of benzene rings is 4. The van der Waals surface area contributed by atoms with Crippen molar-refractivity contribution >= 4 is 38.1 Å². The minimum absolute atomic E-state index is 0.246. The Labute approximate surface area is 268 Å². The van der Waals surface area contributed by atoms with Crippen LogP contribution in [0.3, 0.4) is 0 Å². The van der Waals surface area contributed by atoms with Crippen molar-refractivity contribution in [3.8, 4) is 22.5 Å². The summed E-state index contributed by atoms with van der Waals surface area (Å²) < 4.78 is 7.48. The molecule has 2 aliphatic rings. The van der Waals surface area contributed by atoms with E-state index in [-0.39, 0.29) is 11.0 Å². The fourth-order valence-corrected chi connectivity index (χ4v) is 9.25. The van der Waals surface area contributed by atoms with Gasteiger partial charge in [0.2, 0.25) is 16.9 Å². The fourth-order valence-electron chi connectivity index (χ4n) is 9.25. The van der Waals surface area contributed by atoms with E-state index < -0.39 is 0 Å². The van der Waals surface area contributed by atoms with Gasteiger partial charge in [-0.2, -0.15) is 9.13 Å². The van der Waals surface area contributed by atoms with Crippen molar-refractivity contribution in [2.45, 2.75) is 44.2 Å². The molecule has 2 unspecified atom stereocenters. The van der Waals surface area contributed by atoms with E-state index in [0.717, 1.165) is 19.4 Å². The van der Waals surface area contributed by atoms with E-state index in [1.54, 1.807) is 0 Å². The van der Waals surface area contributed by atoms with E-state index in [0.29, 0.717) is 0 Å². The monoisotopic (exact) mass is 593 g/mol. The summed E-state index contributed by atoms with van der Waals surface area (Å²) in [6, 6.07) is 43.0. The molecule has 0 N–H and O–H groups in total. The molecule has 4 aromatic heterocycles. The third-order valence-electron chi connectivity index (χ3n) is 11.8. The molecule has 3 heteroatoms. The number of aryl methyl sites for hydroxylation is 1. The number of hydrogen-bond donors (Lipinski definition) is 0. The molecule has 0 aliphatic carbocycles. The molecular formula is C43H35N3+2. The van der Waals surface area contributed by atoms with Gasteiger partial charge in [-0.15, -0.1) is 0 Å². The normalized spacial score (nSPS) is 20.8. The lowest BCUT2D eigenvalue weighted by atomic mass is 9.58. The van der Waals surface area contributed by atoms with Crippen LogP contribution in [0.5, 0.6) is 0 Å². The molecule has 2 aliphatic heterocycles. The molecule has 0 amide bonds. The Hall–Kier alpha value is -5.28. The van der Waals surface area contributed by atoms with Gasteiger partial charge in [0, 0.05) is 58.3 Å². The van der Waals surface area contributed by atoms with Crippen molar-refractivity contribution in [3.05, 3.63) is 151 Å². The molecule has 220 valence electrons. The van der Waals surface area contributed by atoms with E-state index in [1.807, 2.05) is 0 Å². The zero-order valence-corrected chi connectivity index (χ0v) is 26.3. The molecule has 2 atom stereocenters. The Morgan fingerprint density at radius 2 is 1.37 bits per heavy atom. The van der Waals surface area contributed by atoms with Gasteiger partial charge in [0.05, 0.1) is 33.1 Å². The van der Waals surface area contributed by atoms with Gasteiger partial charge in [0.15, 0.2) is 18.9 Å². The van der Waals surface area contributed by atoms with Crippen LogP contribution in [0.15, 0.2) is 140 Å². The van der Waals surface area contributed by atoms with Gasteiger partial charge in [-0.3, -0.25) is 0 Å². The van der Waals surface area contributed by atoms with Crippen LogP contribution in [-0.2, 0) is 23.9 Å². The van der Waals surface area contributed by atoms with Crippen LogP contribution >= 0.6 is 0 Å². The number of para-hydroxylation sites is 2. The molecule has 3 nitrogen and oxygen atoms in total. The Bertz CT molecular complexity index is 2570. The van der Waals surface area contributed by atoms with Gasteiger partial charge < -0.3 is 4.40 Å². The van der Waals surface area contributed by atoms with E-state index in [1.165, 1.54) is 77.3 Å². The molecule has 6 heterocycles. The van der Waals surface area contributed by atoms with Crippen LogP contribution in [0.2, 0.25) is 0 Å². The summed E-state index contributed by atoms with van der Waals surface area (Å²) in [5.74, 6) is 0. The molecule has 0 saturated heterocycles. The number of nitrogens with zero attached hydrogens (tertiary/aromatic N) is 3. The summed E-state index contributed by atoms with van der Waals surface area (Å²) in [5, 5.41) is 5.29. The molecule has 0 spiro atoms. The zero-order valence-electron chi connectivity index (χ0n) is 26.3. The zero-order chi connectivity index (χ0) is 30.8. The van der Waals surface area contributed by atoms with Gasteiger partial charge in [-0.25, -0.2) is 0 Å². The Kier molecular flexibility index (Phi) is 5.04. The van der Waals surface area contributed by atoms with E-state index >= 15 is 0 Å². The number of rotatable bonds is 0. The van der Waals surface area contributed by atoms with Crippen molar-refractivity contribution in [2.24, 2.45) is 0 Å². The number of fused-ring (bicyclic) bond motifs is 15. The summed E-state index contributed by atoms with van der Waals surface area (Å²) in [4.78, 5) is 0. The second-order valence-corrected chi connectivity index (χ2v) is 13.8. The average molecular weight is 594 g/mol. The highest BCUT2D eigenvalue weighted by Crippen LogP contribution is 2.54. The largest absolute Gasteiger partial charge is 0.308 e. The standard InChI is InChI=1S/C43H35N3/c1-28-27-44-23-10-8-18-37(44)30-14-5-4-13-29(30)21-22-42(2)36-26-40-34(25-35(36)38-19-9-11-24-45(38)43(28,42)3)33-17-12-16-32-31-15-6-7-20-39(31)46(40)41(32)33/h4-20,23-26H,1,21-22,27H2,2-3H3/q+2. The van der Waals surface area contributed by atoms with Crippen molar-refractivity contribution in [2.75, 3.05) is 0 Å². The smallest absolute Gasteiger partial charge is 0.213 e. The lowest BCUT2D eigenvalue weighted by Crippen LogP contribution is -2.69. The molecule has 4 aromatic carbocycles. The maximum atomic E-state index is 4.94. The van der Waals surface area contributed by atoms with Crippen molar-refractivity contribution in [1.29, 1.82) is 0 Å². The second kappa shape index (κ2) is 8.92. The van der Waals surface area contributed by atoms with Crippen LogP contribution in [0.4, 0.5) is 0 Å². The van der Waals surface area contributed by atoms with Gasteiger partial charge in [-0.05, 0) is 67.3 Å². The summed E-state index contributed by atoms with van der Waals surface area (Å²) in [5.41, 5.74) is 12.5. The van der Waals surface area contributed by atoms with Crippen LogP contribution < -0.4 is 9.13 Å². The van der Waals surface area contributed by atoms with E-state index in [4.69, 9.17) is 6.58 Å². The topological polar surface area (TPSA) is 12.2 Å². The first-order chi connectivity index (χ1) is 22.5. The quantitative estimate of drug-likeness (QED) is 0.123. The first kappa shape index (κ1) is 26.0. The predicted molar refractivity (Wildman–Crippen MR) is 187 cm³/mol. The average Bonchev–Trinajstić information content (AvgIpc) is 3.61. The third-order valence-corrected chi connectivity index (χ3v) is 11.8. The summed E-state index contributed by atoms with van der Waals surface area (Å²) in [6.07, 6.45) is 6.48. The first-order valence-corrected chi connectivity index (χ1v) is 16.5. The maximum Gasteiger partial charge on any atom is 0.213 e. The molecule has 10 rings (SSSR count). The fraction of sp³-hybridized carbons (Fsp3) is 0.163. The van der Waals surface area contributed by atoms with Gasteiger partial charge >= 0.3 is 0 Å². The van der Waals surface area contributed by atoms with Gasteiger partial charge in [0.25, 0.3) is 0 Å². The van der Waals surface area contributed by atoms with Crippen molar-refractivity contribution < 1.29 is 9.13 Å². The van der Waals surface area contributed by atoms with Crippen LogP contribution in [0.1, 0.15) is 31.4 Å². The summed E-state index contributed by atoms with van der Waals surface area (Å²) >= 11 is 0. The lowest BCUT2D eigenvalue weighted by molar-refractivity contribution is -0.762. The highest BCUT2D eigenvalue weighted by Gasteiger charge is 2.60. The molecule has 46 heavy (non-hydrogen) atoms. The number of aromatic nitrogens is 3. The molecule has 0 fully saturated rings. The number of allylic oxidation sites excluding steroid dienone is 1. The van der Waals surface area contributed by atoms with E-state index in [9.17, 15) is 0 Å². The highest BCUT2D eigenvalue weighted by atomic mass is 15.1.